The fraction of sp³-hybridized carbons (Fsp3) is 0.250. The van der Waals surface area contributed by atoms with Crippen molar-refractivity contribution in [3.63, 3.8) is 0 Å². The summed E-state index contributed by atoms with van der Waals surface area (Å²) in [5.41, 5.74) is 0.702. The molecule has 1 atom stereocenters. The molecular weight excluding hydrogens is 373 g/mol. The Bertz CT molecular complexity index is 840. The maximum absolute atomic E-state index is 12.6. The lowest BCUT2D eigenvalue weighted by molar-refractivity contribution is 0.354. The third-order valence-electron chi connectivity index (χ3n) is 3.44. The van der Waals surface area contributed by atoms with E-state index in [9.17, 15) is 8.42 Å². The van der Waals surface area contributed by atoms with Gasteiger partial charge >= 0.3 is 0 Å². The fourth-order valence-corrected chi connectivity index (χ4v) is 3.69. The van der Waals surface area contributed by atoms with Gasteiger partial charge in [0.1, 0.15) is 0 Å². The largest absolute Gasteiger partial charge is 0.493 e. The number of hydrogen-bond acceptors (Lipinski definition) is 4. The highest BCUT2D eigenvalue weighted by atomic mass is 35.5. The quantitative estimate of drug-likeness (QED) is 0.808. The first-order valence-corrected chi connectivity index (χ1v) is 9.21. The minimum atomic E-state index is -3.75. The van der Waals surface area contributed by atoms with Crippen molar-refractivity contribution < 1.29 is 17.9 Å². The number of rotatable bonds is 6. The Morgan fingerprint density at radius 2 is 1.62 bits per heavy atom. The maximum Gasteiger partial charge on any atom is 0.241 e. The SMILES string of the molecule is COc1ccc(S(=O)(=O)NC(C)c2ccc(Cl)c(Cl)c2)cc1OC. The lowest BCUT2D eigenvalue weighted by Gasteiger charge is -2.16. The molecule has 0 spiro atoms. The summed E-state index contributed by atoms with van der Waals surface area (Å²) in [5, 5.41) is 0.779. The van der Waals surface area contributed by atoms with Crippen LogP contribution in [0.15, 0.2) is 41.3 Å². The van der Waals surface area contributed by atoms with Crippen LogP contribution in [0.4, 0.5) is 0 Å². The van der Waals surface area contributed by atoms with Crippen molar-refractivity contribution in [1.82, 2.24) is 4.72 Å². The number of ether oxygens (including phenoxy) is 2. The molecule has 0 aromatic heterocycles. The summed E-state index contributed by atoms with van der Waals surface area (Å²) in [6.07, 6.45) is 0. The molecule has 130 valence electrons. The van der Waals surface area contributed by atoms with Crippen LogP contribution in [0, 0.1) is 0 Å². The van der Waals surface area contributed by atoms with Crippen molar-refractivity contribution in [2.24, 2.45) is 0 Å². The maximum atomic E-state index is 12.6. The Balaban J connectivity index is 2.28. The molecule has 2 aromatic rings. The predicted molar refractivity (Wildman–Crippen MR) is 94.7 cm³/mol. The Hall–Kier alpha value is -1.47. The average Bonchev–Trinajstić information content (AvgIpc) is 2.56. The molecular formula is C16H17Cl2NO4S. The van der Waals surface area contributed by atoms with Gasteiger partial charge in [0.2, 0.25) is 10.0 Å². The van der Waals surface area contributed by atoms with Crippen LogP contribution in [0.5, 0.6) is 11.5 Å². The van der Waals surface area contributed by atoms with E-state index >= 15 is 0 Å². The second kappa shape index (κ2) is 7.61. The molecule has 0 amide bonds. The summed E-state index contributed by atoms with van der Waals surface area (Å²) in [6.45, 7) is 1.72. The fourth-order valence-electron chi connectivity index (χ4n) is 2.13. The molecule has 5 nitrogen and oxygen atoms in total. The van der Waals surface area contributed by atoms with Gasteiger partial charge in [0.05, 0.1) is 29.2 Å². The predicted octanol–water partition coefficient (Wildman–Crippen LogP) is 4.05. The molecule has 0 saturated carbocycles. The van der Waals surface area contributed by atoms with E-state index in [-0.39, 0.29) is 4.90 Å². The Labute approximate surface area is 151 Å². The van der Waals surface area contributed by atoms with E-state index in [1.807, 2.05) is 0 Å². The number of nitrogens with one attached hydrogen (secondary N) is 1. The average molecular weight is 390 g/mol. The van der Waals surface area contributed by atoms with Gasteiger partial charge in [-0.1, -0.05) is 29.3 Å². The number of halogens is 2. The highest BCUT2D eigenvalue weighted by Gasteiger charge is 2.20. The molecule has 0 aliphatic rings. The van der Waals surface area contributed by atoms with E-state index in [0.717, 1.165) is 0 Å². The zero-order valence-electron chi connectivity index (χ0n) is 13.3. The van der Waals surface area contributed by atoms with Crippen LogP contribution in [-0.4, -0.2) is 22.6 Å². The molecule has 1 unspecified atom stereocenters. The summed E-state index contributed by atoms with van der Waals surface area (Å²) in [6, 6.07) is 8.88. The van der Waals surface area contributed by atoms with Crippen LogP contribution in [-0.2, 0) is 10.0 Å². The van der Waals surface area contributed by atoms with E-state index < -0.39 is 16.1 Å². The first kappa shape index (κ1) is 18.9. The smallest absolute Gasteiger partial charge is 0.241 e. The molecule has 0 heterocycles. The molecule has 0 fully saturated rings. The molecule has 0 bridgehead atoms. The van der Waals surface area contributed by atoms with Gasteiger partial charge in [-0.15, -0.1) is 0 Å². The normalized spacial score (nSPS) is 12.7. The molecule has 0 aliphatic carbocycles. The van der Waals surface area contributed by atoms with Gasteiger partial charge < -0.3 is 9.47 Å². The van der Waals surface area contributed by atoms with Crippen LogP contribution < -0.4 is 14.2 Å². The van der Waals surface area contributed by atoms with E-state index in [0.29, 0.717) is 27.1 Å². The molecule has 2 rings (SSSR count). The van der Waals surface area contributed by atoms with Gasteiger partial charge in [0.25, 0.3) is 0 Å². The summed E-state index contributed by atoms with van der Waals surface area (Å²) in [4.78, 5) is 0.0760. The van der Waals surface area contributed by atoms with E-state index in [1.165, 1.54) is 32.4 Å². The van der Waals surface area contributed by atoms with Crippen LogP contribution in [0.1, 0.15) is 18.5 Å². The second-order valence-electron chi connectivity index (χ2n) is 5.03. The molecule has 24 heavy (non-hydrogen) atoms. The third kappa shape index (κ3) is 4.13. The van der Waals surface area contributed by atoms with Crippen molar-refractivity contribution in [2.75, 3.05) is 14.2 Å². The highest BCUT2D eigenvalue weighted by molar-refractivity contribution is 7.89. The molecule has 0 radical (unpaired) electrons. The van der Waals surface area contributed by atoms with Gasteiger partial charge in [-0.2, -0.15) is 0 Å². The summed E-state index contributed by atoms with van der Waals surface area (Å²) in [7, 11) is -0.823. The number of hydrogen-bond donors (Lipinski definition) is 1. The van der Waals surface area contributed by atoms with Crippen LogP contribution in [0.2, 0.25) is 10.0 Å². The van der Waals surface area contributed by atoms with E-state index in [4.69, 9.17) is 32.7 Å². The van der Waals surface area contributed by atoms with Crippen molar-refractivity contribution in [3.8, 4) is 11.5 Å². The number of benzene rings is 2. The molecule has 0 aliphatic heterocycles. The molecule has 1 N–H and O–H groups in total. The highest BCUT2D eigenvalue weighted by Crippen LogP contribution is 2.30. The first-order chi connectivity index (χ1) is 11.3. The summed E-state index contributed by atoms with van der Waals surface area (Å²) < 4.78 is 38.0. The van der Waals surface area contributed by atoms with Gasteiger partial charge in [-0.05, 0) is 36.8 Å². The van der Waals surface area contributed by atoms with Crippen LogP contribution in [0.25, 0.3) is 0 Å². The second-order valence-corrected chi connectivity index (χ2v) is 7.56. The van der Waals surface area contributed by atoms with Gasteiger partial charge in [-0.25, -0.2) is 13.1 Å². The standard InChI is InChI=1S/C16H17Cl2NO4S/c1-10(11-4-6-13(17)14(18)8-11)19-24(20,21)12-5-7-15(22-2)16(9-12)23-3/h4-10,19H,1-3H3. The van der Waals surface area contributed by atoms with Gasteiger partial charge in [0, 0.05) is 12.1 Å². The third-order valence-corrected chi connectivity index (χ3v) is 5.72. The van der Waals surface area contributed by atoms with Crippen molar-refractivity contribution in [3.05, 3.63) is 52.0 Å². The first-order valence-electron chi connectivity index (χ1n) is 6.98. The lowest BCUT2D eigenvalue weighted by atomic mass is 10.1. The van der Waals surface area contributed by atoms with E-state index in [1.54, 1.807) is 25.1 Å². The summed E-state index contributed by atoms with van der Waals surface area (Å²) >= 11 is 11.9. The lowest BCUT2D eigenvalue weighted by Crippen LogP contribution is -2.27. The Kier molecular flexibility index (Phi) is 5.98. The Morgan fingerprint density at radius 1 is 0.958 bits per heavy atom. The van der Waals surface area contributed by atoms with Gasteiger partial charge in [-0.3, -0.25) is 0 Å². The monoisotopic (exact) mass is 389 g/mol. The minimum Gasteiger partial charge on any atom is -0.493 e. The number of methoxy groups -OCH3 is 2. The van der Waals surface area contributed by atoms with E-state index in [2.05, 4.69) is 4.72 Å². The summed E-state index contributed by atoms with van der Waals surface area (Å²) in [5.74, 6) is 0.788. The zero-order valence-corrected chi connectivity index (χ0v) is 15.7. The Morgan fingerprint density at radius 3 is 2.21 bits per heavy atom. The minimum absolute atomic E-state index is 0.0760. The molecule has 2 aromatic carbocycles. The van der Waals surface area contributed by atoms with Crippen molar-refractivity contribution >= 4 is 33.2 Å². The van der Waals surface area contributed by atoms with Crippen molar-refractivity contribution in [2.45, 2.75) is 17.9 Å². The van der Waals surface area contributed by atoms with Crippen LogP contribution in [0.3, 0.4) is 0 Å². The van der Waals surface area contributed by atoms with Crippen molar-refractivity contribution in [1.29, 1.82) is 0 Å². The molecule has 8 heteroatoms. The zero-order chi connectivity index (χ0) is 17.9. The number of sulfonamides is 1. The van der Waals surface area contributed by atoms with Crippen LogP contribution >= 0.6 is 23.2 Å². The molecule has 0 saturated heterocycles. The van der Waals surface area contributed by atoms with Gasteiger partial charge in [0.15, 0.2) is 11.5 Å². The topological polar surface area (TPSA) is 64.6 Å².